The summed E-state index contributed by atoms with van der Waals surface area (Å²) in [6.45, 7) is 0. The number of carbonyl (C=O) groups excluding carboxylic acids is 1. The number of non-ortho nitro benzene ring substituents is 1. The van der Waals surface area contributed by atoms with E-state index < -0.39 is 4.92 Å². The number of rotatable bonds is 5. The molecule has 1 amide bonds. The van der Waals surface area contributed by atoms with Gasteiger partial charge in [-0.1, -0.05) is 0 Å². The molecule has 3 aromatic carbocycles. The Balaban J connectivity index is 1.61. The Morgan fingerprint density at radius 3 is 2.52 bits per heavy atom. The number of nitro benzene ring substituents is 1. The van der Waals surface area contributed by atoms with Crippen LogP contribution in [0.3, 0.4) is 0 Å². The smallest absolute Gasteiger partial charge is 0.270 e. The molecule has 4 aromatic rings. The molecule has 0 bridgehead atoms. The number of carbonyl (C=O) groups is 1. The molecule has 0 aliphatic heterocycles. The van der Waals surface area contributed by atoms with E-state index in [9.17, 15) is 20.0 Å². The second-order valence-electron chi connectivity index (χ2n) is 7.17. The Labute approximate surface area is 177 Å². The van der Waals surface area contributed by atoms with E-state index in [1.807, 2.05) is 43.3 Å². The van der Waals surface area contributed by atoms with Crippen molar-refractivity contribution in [1.29, 1.82) is 0 Å². The van der Waals surface area contributed by atoms with Gasteiger partial charge in [-0.3, -0.25) is 14.9 Å². The molecule has 0 radical (unpaired) electrons. The molecule has 31 heavy (non-hydrogen) atoms. The summed E-state index contributed by atoms with van der Waals surface area (Å²) in [5.74, 6) is -0.148. The maximum atomic E-state index is 12.7. The van der Waals surface area contributed by atoms with Crippen molar-refractivity contribution in [3.8, 4) is 17.1 Å². The predicted molar refractivity (Wildman–Crippen MR) is 119 cm³/mol. The number of hydrogen-bond donors (Lipinski definition) is 3. The van der Waals surface area contributed by atoms with Crippen LogP contribution in [0.2, 0.25) is 0 Å². The van der Waals surface area contributed by atoms with E-state index in [0.717, 1.165) is 5.69 Å². The number of benzene rings is 3. The van der Waals surface area contributed by atoms with Gasteiger partial charge in [0.1, 0.15) is 11.6 Å². The normalized spacial score (nSPS) is 10.8. The molecule has 9 heteroatoms. The number of amides is 1. The number of hydrogen-bond acceptors (Lipinski definition) is 6. The first-order valence-corrected chi connectivity index (χ1v) is 9.38. The molecule has 1 heterocycles. The molecule has 0 aliphatic rings. The molecule has 3 N–H and O–H groups in total. The highest BCUT2D eigenvalue weighted by atomic mass is 16.6. The van der Waals surface area contributed by atoms with E-state index in [1.54, 1.807) is 18.2 Å². The Kier molecular flexibility index (Phi) is 5.00. The topological polar surface area (TPSA) is 124 Å². The van der Waals surface area contributed by atoms with E-state index >= 15 is 0 Å². The van der Waals surface area contributed by atoms with Gasteiger partial charge in [-0.2, -0.15) is 0 Å². The molecule has 0 unspecified atom stereocenters. The molecule has 1 aromatic heterocycles. The second kappa shape index (κ2) is 7.79. The lowest BCUT2D eigenvalue weighted by Gasteiger charge is -2.13. The van der Waals surface area contributed by atoms with Gasteiger partial charge in [0.15, 0.2) is 0 Å². The van der Waals surface area contributed by atoms with Gasteiger partial charge in [0.2, 0.25) is 0 Å². The fourth-order valence-electron chi connectivity index (χ4n) is 3.15. The van der Waals surface area contributed by atoms with Gasteiger partial charge in [-0.05, 0) is 48.5 Å². The van der Waals surface area contributed by atoms with E-state index in [-0.39, 0.29) is 28.7 Å². The van der Waals surface area contributed by atoms with Crippen molar-refractivity contribution >= 4 is 34.0 Å². The van der Waals surface area contributed by atoms with Crippen molar-refractivity contribution in [2.24, 2.45) is 0 Å². The zero-order valence-corrected chi connectivity index (χ0v) is 16.8. The van der Waals surface area contributed by atoms with E-state index in [4.69, 9.17) is 0 Å². The van der Waals surface area contributed by atoms with Crippen molar-refractivity contribution < 1.29 is 14.8 Å². The number of nitrogens with zero attached hydrogens (tertiary/aromatic N) is 3. The first-order chi connectivity index (χ1) is 14.8. The number of aromatic hydroxyl groups is 1. The minimum atomic E-state index is -0.543. The van der Waals surface area contributed by atoms with Crippen LogP contribution in [0.25, 0.3) is 22.4 Å². The van der Waals surface area contributed by atoms with Gasteiger partial charge in [0, 0.05) is 43.2 Å². The number of nitrogens with one attached hydrogen (secondary N) is 2. The first kappa shape index (κ1) is 19.9. The van der Waals surface area contributed by atoms with Crippen LogP contribution in [0.15, 0.2) is 60.7 Å². The van der Waals surface area contributed by atoms with Crippen LogP contribution in [0.1, 0.15) is 10.4 Å². The van der Waals surface area contributed by atoms with Gasteiger partial charge < -0.3 is 20.3 Å². The molecule has 0 aliphatic carbocycles. The number of anilines is 2. The standard InChI is InChI=1S/C22H19N5O4/c1-26(2)15-6-4-14(5-7-15)23-22(29)13-3-9-18-19(11-13)25-21(24-18)17-12-16(27(30)31)8-10-20(17)28/h3-12,28H,1-2H3,(H,23,29)(H,24,25). The monoisotopic (exact) mass is 417 g/mol. The lowest BCUT2D eigenvalue weighted by atomic mass is 10.1. The molecular formula is C22H19N5O4. The van der Waals surface area contributed by atoms with Crippen LogP contribution in [-0.2, 0) is 0 Å². The minimum Gasteiger partial charge on any atom is -0.507 e. The number of nitro groups is 1. The number of fused-ring (bicyclic) bond motifs is 1. The third-order valence-corrected chi connectivity index (χ3v) is 4.83. The summed E-state index contributed by atoms with van der Waals surface area (Å²) in [4.78, 5) is 32.5. The summed E-state index contributed by atoms with van der Waals surface area (Å²) < 4.78 is 0. The number of H-pyrrole nitrogens is 1. The quantitative estimate of drug-likeness (QED) is 0.331. The summed E-state index contributed by atoms with van der Waals surface area (Å²) in [5.41, 5.74) is 3.29. The molecule has 0 atom stereocenters. The molecule has 0 spiro atoms. The Morgan fingerprint density at radius 1 is 1.10 bits per heavy atom. The molecule has 4 rings (SSSR count). The van der Waals surface area contributed by atoms with Gasteiger partial charge in [-0.15, -0.1) is 0 Å². The second-order valence-corrected chi connectivity index (χ2v) is 7.17. The maximum Gasteiger partial charge on any atom is 0.270 e. The van der Waals surface area contributed by atoms with Crippen LogP contribution in [0.5, 0.6) is 5.75 Å². The Morgan fingerprint density at radius 2 is 1.84 bits per heavy atom. The van der Waals surface area contributed by atoms with Crippen molar-refractivity contribution in [1.82, 2.24) is 9.97 Å². The van der Waals surface area contributed by atoms with Gasteiger partial charge in [0.05, 0.1) is 21.5 Å². The van der Waals surface area contributed by atoms with Crippen molar-refractivity contribution in [2.45, 2.75) is 0 Å². The fraction of sp³-hybridized carbons (Fsp3) is 0.0909. The van der Waals surface area contributed by atoms with Crippen molar-refractivity contribution in [2.75, 3.05) is 24.3 Å². The zero-order valence-electron chi connectivity index (χ0n) is 16.8. The van der Waals surface area contributed by atoms with Crippen molar-refractivity contribution in [3.63, 3.8) is 0 Å². The maximum absolute atomic E-state index is 12.7. The highest BCUT2D eigenvalue weighted by Crippen LogP contribution is 2.32. The minimum absolute atomic E-state index is 0.135. The molecule has 0 saturated carbocycles. The van der Waals surface area contributed by atoms with E-state index in [2.05, 4.69) is 15.3 Å². The average molecular weight is 417 g/mol. The zero-order chi connectivity index (χ0) is 22.1. The molecular weight excluding hydrogens is 398 g/mol. The molecule has 156 valence electrons. The summed E-state index contributed by atoms with van der Waals surface area (Å²) in [5, 5.41) is 24.0. The number of aromatic nitrogens is 2. The summed E-state index contributed by atoms with van der Waals surface area (Å²) in [6.07, 6.45) is 0. The van der Waals surface area contributed by atoms with Crippen LogP contribution >= 0.6 is 0 Å². The third kappa shape index (κ3) is 4.01. The number of aromatic amines is 1. The summed E-state index contributed by atoms with van der Waals surface area (Å²) in [7, 11) is 3.88. The van der Waals surface area contributed by atoms with Crippen LogP contribution in [0.4, 0.5) is 17.1 Å². The molecule has 9 nitrogen and oxygen atoms in total. The highest BCUT2D eigenvalue weighted by molar-refractivity contribution is 6.06. The van der Waals surface area contributed by atoms with Crippen LogP contribution in [-0.4, -0.2) is 40.0 Å². The predicted octanol–water partition coefficient (Wildman–Crippen LogP) is 4.16. The first-order valence-electron chi connectivity index (χ1n) is 9.38. The van der Waals surface area contributed by atoms with Gasteiger partial charge in [-0.25, -0.2) is 4.98 Å². The summed E-state index contributed by atoms with van der Waals surface area (Å²) in [6, 6.07) is 16.1. The van der Waals surface area contributed by atoms with Gasteiger partial charge >= 0.3 is 0 Å². The van der Waals surface area contributed by atoms with Crippen molar-refractivity contribution in [3.05, 3.63) is 76.3 Å². The Hall–Kier alpha value is -4.40. The SMILES string of the molecule is CN(C)c1ccc(NC(=O)c2ccc3nc(-c4cc([N+](=O)[O-])ccc4O)[nH]c3c2)cc1. The van der Waals surface area contributed by atoms with Crippen LogP contribution in [0, 0.1) is 10.1 Å². The molecule has 0 fully saturated rings. The fourth-order valence-corrected chi connectivity index (χ4v) is 3.15. The van der Waals surface area contributed by atoms with E-state index in [1.165, 1.54) is 18.2 Å². The van der Waals surface area contributed by atoms with E-state index in [0.29, 0.717) is 22.3 Å². The highest BCUT2D eigenvalue weighted by Gasteiger charge is 2.16. The summed E-state index contributed by atoms with van der Waals surface area (Å²) >= 11 is 0. The largest absolute Gasteiger partial charge is 0.507 e. The number of phenolic OH excluding ortho intramolecular Hbond substituents is 1. The Bertz CT molecular complexity index is 1300. The third-order valence-electron chi connectivity index (χ3n) is 4.83. The number of phenols is 1. The lowest BCUT2D eigenvalue weighted by Crippen LogP contribution is -2.12. The van der Waals surface area contributed by atoms with Gasteiger partial charge in [0.25, 0.3) is 11.6 Å². The lowest BCUT2D eigenvalue weighted by molar-refractivity contribution is -0.384. The number of imidazole rings is 1. The average Bonchev–Trinajstić information content (AvgIpc) is 3.17. The molecule has 0 saturated heterocycles. The van der Waals surface area contributed by atoms with Crippen LogP contribution < -0.4 is 10.2 Å².